The summed E-state index contributed by atoms with van der Waals surface area (Å²) >= 11 is 5.68. The van der Waals surface area contributed by atoms with Crippen molar-refractivity contribution in [1.82, 2.24) is 24.2 Å². The molecule has 0 unspecified atom stereocenters. The standard InChI is InChI=1S/C17H17ClF3N5O2/c18-10-6-11(19)12(22-7-10)8-25-16(28)26-13(2-1-3-14(26)23-25)15(27)24-5-4-17(20,21)9-24/h6-7,13H,1-5,8-9H2/t13-/m0/s1. The van der Waals surface area contributed by atoms with Gasteiger partial charge in [0.05, 0.1) is 23.8 Å². The molecule has 1 saturated heterocycles. The molecule has 1 atom stereocenters. The molecule has 0 radical (unpaired) electrons. The van der Waals surface area contributed by atoms with Gasteiger partial charge in [-0.2, -0.15) is 5.10 Å². The number of carbonyl (C=O) groups is 1. The molecule has 0 aromatic carbocycles. The third-order valence-corrected chi connectivity index (χ3v) is 5.29. The summed E-state index contributed by atoms with van der Waals surface area (Å²) in [6.07, 6.45) is 2.32. The second kappa shape index (κ2) is 6.91. The number of halogens is 4. The Morgan fingerprint density at radius 2 is 2.18 bits per heavy atom. The smallest absolute Gasteiger partial charge is 0.335 e. The Morgan fingerprint density at radius 1 is 1.39 bits per heavy atom. The monoisotopic (exact) mass is 415 g/mol. The lowest BCUT2D eigenvalue weighted by Gasteiger charge is -2.27. The summed E-state index contributed by atoms with van der Waals surface area (Å²) in [7, 11) is 0. The average molecular weight is 416 g/mol. The first kappa shape index (κ1) is 19.0. The minimum Gasteiger partial charge on any atom is -0.335 e. The van der Waals surface area contributed by atoms with Crippen LogP contribution in [0.25, 0.3) is 0 Å². The van der Waals surface area contributed by atoms with Crippen molar-refractivity contribution in [3.63, 3.8) is 0 Å². The molecule has 11 heteroatoms. The number of amides is 1. The van der Waals surface area contributed by atoms with Crippen LogP contribution in [0.3, 0.4) is 0 Å². The maximum Gasteiger partial charge on any atom is 0.347 e. The average Bonchev–Trinajstić information content (AvgIpc) is 3.16. The summed E-state index contributed by atoms with van der Waals surface area (Å²) in [6.45, 7) is -0.897. The van der Waals surface area contributed by atoms with Gasteiger partial charge in [-0.1, -0.05) is 11.6 Å². The minimum absolute atomic E-state index is 0.0102. The molecule has 0 aliphatic carbocycles. The van der Waals surface area contributed by atoms with Gasteiger partial charge in [0.2, 0.25) is 5.91 Å². The van der Waals surface area contributed by atoms with Gasteiger partial charge in [-0.3, -0.25) is 14.3 Å². The highest BCUT2D eigenvalue weighted by molar-refractivity contribution is 6.30. The summed E-state index contributed by atoms with van der Waals surface area (Å²) in [4.78, 5) is 30.6. The summed E-state index contributed by atoms with van der Waals surface area (Å²) in [5, 5.41) is 4.34. The summed E-state index contributed by atoms with van der Waals surface area (Å²) < 4.78 is 43.2. The van der Waals surface area contributed by atoms with E-state index in [4.69, 9.17) is 11.6 Å². The Morgan fingerprint density at radius 3 is 2.86 bits per heavy atom. The van der Waals surface area contributed by atoms with Crippen molar-refractivity contribution < 1.29 is 18.0 Å². The number of aromatic nitrogens is 4. The molecule has 4 rings (SSSR count). The molecular weight excluding hydrogens is 399 g/mol. The van der Waals surface area contributed by atoms with Crippen LogP contribution in [0.5, 0.6) is 0 Å². The zero-order valence-corrected chi connectivity index (χ0v) is 15.5. The highest BCUT2D eigenvalue weighted by atomic mass is 35.5. The number of nitrogens with zero attached hydrogens (tertiary/aromatic N) is 5. The molecule has 4 heterocycles. The van der Waals surface area contributed by atoms with E-state index in [1.54, 1.807) is 0 Å². The Balaban J connectivity index is 1.63. The van der Waals surface area contributed by atoms with Gasteiger partial charge in [0, 0.05) is 25.6 Å². The van der Waals surface area contributed by atoms with E-state index in [0.717, 1.165) is 15.6 Å². The molecule has 7 nitrogen and oxygen atoms in total. The molecule has 2 aromatic heterocycles. The van der Waals surface area contributed by atoms with E-state index in [9.17, 15) is 22.8 Å². The van der Waals surface area contributed by atoms with Gasteiger partial charge in [-0.05, 0) is 18.9 Å². The number of carbonyl (C=O) groups excluding carboxylic acids is 1. The number of alkyl halides is 2. The van der Waals surface area contributed by atoms with Crippen molar-refractivity contribution in [3.05, 3.63) is 45.1 Å². The van der Waals surface area contributed by atoms with Gasteiger partial charge < -0.3 is 4.90 Å². The van der Waals surface area contributed by atoms with E-state index < -0.39 is 35.9 Å². The number of likely N-dealkylation sites (tertiary alicyclic amines) is 1. The molecule has 1 amide bonds. The molecule has 0 bridgehead atoms. The quantitative estimate of drug-likeness (QED) is 0.769. The number of aryl methyl sites for hydroxylation is 1. The third-order valence-electron chi connectivity index (χ3n) is 5.08. The van der Waals surface area contributed by atoms with E-state index in [0.29, 0.717) is 25.1 Å². The number of hydrogen-bond donors (Lipinski definition) is 0. The summed E-state index contributed by atoms with van der Waals surface area (Å²) in [6, 6.07) is 0.215. The van der Waals surface area contributed by atoms with Crippen molar-refractivity contribution in [2.75, 3.05) is 13.1 Å². The predicted molar refractivity (Wildman–Crippen MR) is 92.9 cm³/mol. The highest BCUT2D eigenvalue weighted by Gasteiger charge is 2.43. The fourth-order valence-corrected chi connectivity index (χ4v) is 3.85. The summed E-state index contributed by atoms with van der Waals surface area (Å²) in [5.41, 5.74) is -0.598. The highest BCUT2D eigenvalue weighted by Crippen LogP contribution is 2.31. The van der Waals surface area contributed by atoms with E-state index in [2.05, 4.69) is 10.1 Å². The number of rotatable bonds is 3. The Hall–Kier alpha value is -2.36. The topological polar surface area (TPSA) is 73.0 Å². The molecule has 2 aromatic rings. The number of hydrogen-bond acceptors (Lipinski definition) is 4. The van der Waals surface area contributed by atoms with Crippen LogP contribution in [-0.4, -0.2) is 49.2 Å². The van der Waals surface area contributed by atoms with Gasteiger partial charge in [-0.25, -0.2) is 22.6 Å². The normalized spacial score (nSPS) is 21.0. The lowest BCUT2D eigenvalue weighted by molar-refractivity contribution is -0.135. The SMILES string of the molecule is O=C([C@@H]1CCCc2nn(Cc3ncc(Cl)cc3F)c(=O)n21)N1CCC(F)(F)C1. The van der Waals surface area contributed by atoms with Crippen LogP contribution in [-0.2, 0) is 17.8 Å². The Labute approximate surface area is 162 Å². The fraction of sp³-hybridized carbons (Fsp3) is 0.529. The van der Waals surface area contributed by atoms with Crippen molar-refractivity contribution in [3.8, 4) is 0 Å². The summed E-state index contributed by atoms with van der Waals surface area (Å²) in [5.74, 6) is -3.69. The van der Waals surface area contributed by atoms with Crippen LogP contribution in [0.2, 0.25) is 5.02 Å². The first-order valence-electron chi connectivity index (χ1n) is 8.90. The lowest BCUT2D eigenvalue weighted by atomic mass is 10.0. The van der Waals surface area contributed by atoms with Crippen LogP contribution in [0.15, 0.2) is 17.1 Å². The van der Waals surface area contributed by atoms with Crippen molar-refractivity contribution in [2.24, 2.45) is 0 Å². The molecule has 1 fully saturated rings. The largest absolute Gasteiger partial charge is 0.347 e. The zero-order valence-electron chi connectivity index (χ0n) is 14.7. The second-order valence-electron chi connectivity index (χ2n) is 7.08. The van der Waals surface area contributed by atoms with Crippen LogP contribution >= 0.6 is 11.6 Å². The van der Waals surface area contributed by atoms with Gasteiger partial charge in [-0.15, -0.1) is 0 Å². The Bertz CT molecular complexity index is 990. The number of pyridine rings is 1. The maximum atomic E-state index is 14.0. The maximum absolute atomic E-state index is 14.0. The van der Waals surface area contributed by atoms with Crippen LogP contribution in [0, 0.1) is 5.82 Å². The second-order valence-corrected chi connectivity index (χ2v) is 7.52. The van der Waals surface area contributed by atoms with Crippen molar-refractivity contribution >= 4 is 17.5 Å². The third kappa shape index (κ3) is 3.41. The van der Waals surface area contributed by atoms with Gasteiger partial charge in [0.25, 0.3) is 5.92 Å². The van der Waals surface area contributed by atoms with Crippen LogP contribution in [0.1, 0.15) is 36.8 Å². The van der Waals surface area contributed by atoms with Gasteiger partial charge in [0.15, 0.2) is 0 Å². The van der Waals surface area contributed by atoms with E-state index >= 15 is 0 Å². The fourth-order valence-electron chi connectivity index (χ4n) is 3.70. The van der Waals surface area contributed by atoms with E-state index in [1.165, 1.54) is 10.8 Å². The van der Waals surface area contributed by atoms with Gasteiger partial charge >= 0.3 is 5.69 Å². The molecular formula is C17H17ClF3N5O2. The van der Waals surface area contributed by atoms with Crippen LogP contribution < -0.4 is 5.69 Å². The lowest BCUT2D eigenvalue weighted by Crippen LogP contribution is -2.42. The van der Waals surface area contributed by atoms with Gasteiger partial charge in [0.1, 0.15) is 17.7 Å². The molecule has 0 spiro atoms. The van der Waals surface area contributed by atoms with E-state index in [1.807, 2.05) is 0 Å². The van der Waals surface area contributed by atoms with Crippen molar-refractivity contribution in [1.29, 1.82) is 0 Å². The zero-order chi connectivity index (χ0) is 20.1. The molecule has 150 valence electrons. The molecule has 0 N–H and O–H groups in total. The Kier molecular flexibility index (Phi) is 4.68. The van der Waals surface area contributed by atoms with E-state index in [-0.39, 0.29) is 30.2 Å². The predicted octanol–water partition coefficient (Wildman–Crippen LogP) is 2.03. The first-order valence-corrected chi connectivity index (χ1v) is 9.28. The molecule has 0 saturated carbocycles. The molecule has 2 aliphatic heterocycles. The van der Waals surface area contributed by atoms with Crippen LogP contribution in [0.4, 0.5) is 13.2 Å². The first-order chi connectivity index (χ1) is 13.2. The molecule has 2 aliphatic rings. The number of fused-ring (bicyclic) bond motifs is 1. The minimum atomic E-state index is -2.90. The van der Waals surface area contributed by atoms with Crippen molar-refractivity contribution in [2.45, 2.75) is 44.2 Å². The molecule has 28 heavy (non-hydrogen) atoms.